The topological polar surface area (TPSA) is 46.9 Å². The molecule has 2 rings (SSSR count). The summed E-state index contributed by atoms with van der Waals surface area (Å²) >= 11 is 0. The quantitative estimate of drug-likeness (QED) is 0.807. The first-order valence-electron chi connectivity index (χ1n) is 6.02. The second-order valence-electron chi connectivity index (χ2n) is 4.41. The van der Waals surface area contributed by atoms with Gasteiger partial charge < -0.3 is 9.88 Å². The smallest absolute Gasteiger partial charge is 0.140 e. The molecule has 1 fully saturated rings. The molecule has 2 heterocycles. The van der Waals surface area contributed by atoms with E-state index in [1.807, 2.05) is 10.8 Å². The third-order valence-electron chi connectivity index (χ3n) is 3.18. The monoisotopic (exact) mass is 221 g/mol. The molecule has 1 saturated heterocycles. The maximum atomic E-state index is 11.9. The lowest BCUT2D eigenvalue weighted by Crippen LogP contribution is -2.15. The summed E-state index contributed by atoms with van der Waals surface area (Å²) in [7, 11) is 0. The van der Waals surface area contributed by atoms with Crippen LogP contribution >= 0.6 is 0 Å². The zero-order valence-corrected chi connectivity index (χ0v) is 9.78. The maximum absolute atomic E-state index is 11.9. The normalized spacial score (nSPS) is 20.2. The van der Waals surface area contributed by atoms with Crippen LogP contribution in [0.5, 0.6) is 0 Å². The summed E-state index contributed by atoms with van der Waals surface area (Å²) in [5.41, 5.74) is 0. The Morgan fingerprint density at radius 2 is 2.56 bits per heavy atom. The van der Waals surface area contributed by atoms with E-state index in [0.29, 0.717) is 24.5 Å². The highest BCUT2D eigenvalue weighted by Gasteiger charge is 2.19. The van der Waals surface area contributed by atoms with Crippen LogP contribution < -0.4 is 5.32 Å². The minimum absolute atomic E-state index is 0.314. The standard InChI is InChI=1S/C12H19N3O/c1-2-15-6-5-14-12(15)8-11(16)7-10-3-4-13-9-10/h5-6,10,13H,2-4,7-9H2,1H3. The van der Waals surface area contributed by atoms with Crippen molar-refractivity contribution in [3.8, 4) is 0 Å². The molecule has 0 bridgehead atoms. The van der Waals surface area contributed by atoms with E-state index in [0.717, 1.165) is 31.9 Å². The third-order valence-corrected chi connectivity index (χ3v) is 3.18. The molecule has 0 radical (unpaired) electrons. The number of hydrogen-bond acceptors (Lipinski definition) is 3. The summed E-state index contributed by atoms with van der Waals surface area (Å²) in [6, 6.07) is 0. The molecule has 1 atom stereocenters. The molecule has 1 unspecified atom stereocenters. The second-order valence-corrected chi connectivity index (χ2v) is 4.41. The molecule has 1 aromatic heterocycles. The van der Waals surface area contributed by atoms with E-state index < -0.39 is 0 Å². The van der Waals surface area contributed by atoms with Gasteiger partial charge in [0.15, 0.2) is 0 Å². The molecule has 1 aliphatic rings. The van der Waals surface area contributed by atoms with Crippen molar-refractivity contribution in [2.24, 2.45) is 5.92 Å². The zero-order valence-electron chi connectivity index (χ0n) is 9.78. The zero-order chi connectivity index (χ0) is 11.4. The number of aromatic nitrogens is 2. The van der Waals surface area contributed by atoms with Crippen LogP contribution in [0.3, 0.4) is 0 Å². The van der Waals surface area contributed by atoms with Crippen LogP contribution in [0.15, 0.2) is 12.4 Å². The number of carbonyl (C=O) groups excluding carboxylic acids is 1. The van der Waals surface area contributed by atoms with Gasteiger partial charge in [-0.3, -0.25) is 4.79 Å². The van der Waals surface area contributed by atoms with Gasteiger partial charge in [-0.25, -0.2) is 4.98 Å². The Hall–Kier alpha value is -1.16. The van der Waals surface area contributed by atoms with Crippen LogP contribution in [0.1, 0.15) is 25.6 Å². The van der Waals surface area contributed by atoms with Crippen molar-refractivity contribution in [3.63, 3.8) is 0 Å². The lowest BCUT2D eigenvalue weighted by molar-refractivity contribution is -0.119. The van der Waals surface area contributed by atoms with Crippen molar-refractivity contribution in [1.29, 1.82) is 0 Å². The molecule has 16 heavy (non-hydrogen) atoms. The molecular formula is C12H19N3O. The predicted molar refractivity (Wildman–Crippen MR) is 62.2 cm³/mol. The molecular weight excluding hydrogens is 202 g/mol. The van der Waals surface area contributed by atoms with E-state index in [1.165, 1.54) is 0 Å². The largest absolute Gasteiger partial charge is 0.335 e. The Balaban J connectivity index is 1.86. The van der Waals surface area contributed by atoms with E-state index in [4.69, 9.17) is 0 Å². The minimum Gasteiger partial charge on any atom is -0.335 e. The highest BCUT2D eigenvalue weighted by atomic mass is 16.1. The molecule has 0 spiro atoms. The number of aryl methyl sites for hydroxylation is 1. The number of nitrogens with zero attached hydrogens (tertiary/aromatic N) is 2. The van der Waals surface area contributed by atoms with Gasteiger partial charge in [-0.15, -0.1) is 0 Å². The number of rotatable bonds is 5. The van der Waals surface area contributed by atoms with Crippen LogP contribution in [0, 0.1) is 5.92 Å². The van der Waals surface area contributed by atoms with E-state index in [2.05, 4.69) is 17.2 Å². The summed E-state index contributed by atoms with van der Waals surface area (Å²) in [6.45, 7) is 5.00. The van der Waals surface area contributed by atoms with E-state index >= 15 is 0 Å². The van der Waals surface area contributed by atoms with Crippen molar-refractivity contribution in [3.05, 3.63) is 18.2 Å². The van der Waals surface area contributed by atoms with E-state index in [1.54, 1.807) is 6.20 Å². The van der Waals surface area contributed by atoms with Crippen molar-refractivity contribution in [2.75, 3.05) is 13.1 Å². The van der Waals surface area contributed by atoms with Crippen molar-refractivity contribution >= 4 is 5.78 Å². The molecule has 88 valence electrons. The van der Waals surface area contributed by atoms with Crippen LogP contribution in [-0.2, 0) is 17.8 Å². The van der Waals surface area contributed by atoms with Crippen LogP contribution in [-0.4, -0.2) is 28.4 Å². The van der Waals surface area contributed by atoms with Gasteiger partial charge in [-0.2, -0.15) is 0 Å². The first-order valence-corrected chi connectivity index (χ1v) is 6.02. The fourth-order valence-electron chi connectivity index (χ4n) is 2.25. The van der Waals surface area contributed by atoms with Gasteiger partial charge >= 0.3 is 0 Å². The number of Topliss-reactive ketones (excluding diaryl/α,β-unsaturated/α-hetero) is 1. The summed E-state index contributed by atoms with van der Waals surface area (Å²) < 4.78 is 2.03. The molecule has 1 aliphatic heterocycles. The SMILES string of the molecule is CCn1ccnc1CC(=O)CC1CCNC1. The Bertz CT molecular complexity index is 353. The third kappa shape index (κ3) is 2.70. The Morgan fingerprint density at radius 1 is 1.69 bits per heavy atom. The number of imidazole rings is 1. The molecule has 4 nitrogen and oxygen atoms in total. The highest BCUT2D eigenvalue weighted by molar-refractivity contribution is 5.80. The van der Waals surface area contributed by atoms with E-state index in [-0.39, 0.29) is 0 Å². The summed E-state index contributed by atoms with van der Waals surface area (Å²) in [6.07, 6.45) is 6.01. The summed E-state index contributed by atoms with van der Waals surface area (Å²) in [4.78, 5) is 16.1. The number of nitrogens with one attached hydrogen (secondary N) is 1. The number of carbonyl (C=O) groups is 1. The molecule has 0 saturated carbocycles. The average molecular weight is 221 g/mol. The van der Waals surface area contributed by atoms with Crippen molar-refractivity contribution < 1.29 is 4.79 Å². The van der Waals surface area contributed by atoms with Gasteiger partial charge in [0.25, 0.3) is 0 Å². The molecule has 1 aromatic rings. The van der Waals surface area contributed by atoms with Gasteiger partial charge in [-0.05, 0) is 32.4 Å². The number of ketones is 1. The fourth-order valence-corrected chi connectivity index (χ4v) is 2.25. The molecule has 4 heteroatoms. The Labute approximate surface area is 96.1 Å². The first-order chi connectivity index (χ1) is 7.79. The second kappa shape index (κ2) is 5.25. The summed E-state index contributed by atoms with van der Waals surface area (Å²) in [5, 5.41) is 3.29. The average Bonchev–Trinajstić information content (AvgIpc) is 2.88. The van der Waals surface area contributed by atoms with Gasteiger partial charge in [-0.1, -0.05) is 0 Å². The Kier molecular flexibility index (Phi) is 3.72. The molecule has 0 aliphatic carbocycles. The summed E-state index contributed by atoms with van der Waals surface area (Å²) in [5.74, 6) is 1.76. The van der Waals surface area contributed by atoms with Crippen LogP contribution in [0.25, 0.3) is 0 Å². The van der Waals surface area contributed by atoms with Crippen LogP contribution in [0.4, 0.5) is 0 Å². The van der Waals surface area contributed by atoms with Gasteiger partial charge in [0.2, 0.25) is 0 Å². The Morgan fingerprint density at radius 3 is 3.25 bits per heavy atom. The highest BCUT2D eigenvalue weighted by Crippen LogP contribution is 2.13. The van der Waals surface area contributed by atoms with Gasteiger partial charge in [0.05, 0.1) is 6.42 Å². The van der Waals surface area contributed by atoms with Gasteiger partial charge in [0.1, 0.15) is 11.6 Å². The fraction of sp³-hybridized carbons (Fsp3) is 0.667. The lowest BCUT2D eigenvalue weighted by atomic mass is 10.0. The molecule has 0 aromatic carbocycles. The molecule has 0 amide bonds. The van der Waals surface area contributed by atoms with E-state index in [9.17, 15) is 4.79 Å². The predicted octanol–water partition coefficient (Wildman–Crippen LogP) is 1.01. The molecule has 1 N–H and O–H groups in total. The van der Waals surface area contributed by atoms with Crippen LogP contribution in [0.2, 0.25) is 0 Å². The minimum atomic E-state index is 0.314. The number of hydrogen-bond donors (Lipinski definition) is 1. The maximum Gasteiger partial charge on any atom is 0.140 e. The lowest BCUT2D eigenvalue weighted by Gasteiger charge is -2.07. The van der Waals surface area contributed by atoms with Crippen molar-refractivity contribution in [2.45, 2.75) is 32.7 Å². The van der Waals surface area contributed by atoms with Crippen molar-refractivity contribution in [1.82, 2.24) is 14.9 Å². The van der Waals surface area contributed by atoms with Gasteiger partial charge in [0, 0.05) is 25.4 Å². The first kappa shape index (κ1) is 11.3.